The highest BCUT2D eigenvalue weighted by Gasteiger charge is 2.24. The number of likely N-dealkylation sites (tertiary alicyclic amines) is 1. The molecule has 3 heterocycles. The predicted octanol–water partition coefficient (Wildman–Crippen LogP) is 1.56. The summed E-state index contributed by atoms with van der Waals surface area (Å²) < 4.78 is 5.79. The van der Waals surface area contributed by atoms with Crippen LogP contribution < -0.4 is 4.74 Å². The van der Waals surface area contributed by atoms with Gasteiger partial charge in [0.05, 0.1) is 5.56 Å². The maximum absolute atomic E-state index is 12.3. The van der Waals surface area contributed by atoms with Crippen molar-refractivity contribution >= 4 is 5.91 Å². The number of hydrogen-bond acceptors (Lipinski definition) is 5. The fraction of sp³-hybridized carbons (Fsp3) is 0.333. The molecule has 1 aliphatic rings. The highest BCUT2D eigenvalue weighted by molar-refractivity contribution is 5.93. The van der Waals surface area contributed by atoms with Crippen molar-refractivity contribution < 1.29 is 9.53 Å². The third-order valence-electron chi connectivity index (χ3n) is 3.48. The van der Waals surface area contributed by atoms with Crippen molar-refractivity contribution in [3.63, 3.8) is 0 Å². The molecule has 108 valence electrons. The largest absolute Gasteiger partial charge is 0.474 e. The van der Waals surface area contributed by atoms with Gasteiger partial charge in [-0.15, -0.1) is 0 Å². The molecule has 6 nitrogen and oxygen atoms in total. The Morgan fingerprint density at radius 2 is 2.05 bits per heavy atom. The van der Waals surface area contributed by atoms with Gasteiger partial charge < -0.3 is 9.64 Å². The summed E-state index contributed by atoms with van der Waals surface area (Å²) in [4.78, 5) is 26.0. The van der Waals surface area contributed by atoms with Crippen molar-refractivity contribution in [3.8, 4) is 5.88 Å². The molecule has 0 radical (unpaired) electrons. The molecular formula is C15H16N4O2. The van der Waals surface area contributed by atoms with Gasteiger partial charge in [-0.1, -0.05) is 0 Å². The molecule has 0 unspecified atom stereocenters. The Hall–Kier alpha value is -2.50. The molecular weight excluding hydrogens is 268 g/mol. The first kappa shape index (κ1) is 13.5. The van der Waals surface area contributed by atoms with Crippen molar-refractivity contribution in [2.75, 3.05) is 13.1 Å². The second kappa shape index (κ2) is 6.30. The van der Waals surface area contributed by atoms with Crippen LogP contribution in [0.3, 0.4) is 0 Å². The third-order valence-corrected chi connectivity index (χ3v) is 3.48. The normalized spacial score (nSPS) is 15.7. The van der Waals surface area contributed by atoms with E-state index in [0.717, 1.165) is 12.8 Å². The predicted molar refractivity (Wildman–Crippen MR) is 75.8 cm³/mol. The number of carbonyl (C=O) groups is 1. The van der Waals surface area contributed by atoms with Gasteiger partial charge in [0.1, 0.15) is 12.4 Å². The SMILES string of the molecule is O=C(c1cccnc1)N1CCC(Oc2ccncn2)CC1. The number of aromatic nitrogens is 3. The molecule has 0 aromatic carbocycles. The van der Waals surface area contributed by atoms with Crippen LogP contribution in [0.2, 0.25) is 0 Å². The number of amides is 1. The average Bonchev–Trinajstić information content (AvgIpc) is 2.57. The number of piperidine rings is 1. The Kier molecular flexibility index (Phi) is 4.04. The van der Waals surface area contributed by atoms with Gasteiger partial charge in [0.15, 0.2) is 0 Å². The molecule has 0 bridgehead atoms. The topological polar surface area (TPSA) is 68.2 Å². The first-order valence-corrected chi connectivity index (χ1v) is 6.95. The Bertz CT molecular complexity index is 583. The lowest BCUT2D eigenvalue weighted by Crippen LogP contribution is -2.41. The van der Waals surface area contributed by atoms with Gasteiger partial charge in [0.25, 0.3) is 5.91 Å². The highest BCUT2D eigenvalue weighted by atomic mass is 16.5. The van der Waals surface area contributed by atoms with Crippen LogP contribution in [-0.4, -0.2) is 45.0 Å². The van der Waals surface area contributed by atoms with E-state index in [9.17, 15) is 4.79 Å². The summed E-state index contributed by atoms with van der Waals surface area (Å²) in [5.41, 5.74) is 0.632. The first-order chi connectivity index (χ1) is 10.3. The molecule has 0 saturated carbocycles. The van der Waals surface area contributed by atoms with E-state index in [1.165, 1.54) is 6.33 Å². The zero-order valence-electron chi connectivity index (χ0n) is 11.6. The number of nitrogens with zero attached hydrogens (tertiary/aromatic N) is 4. The lowest BCUT2D eigenvalue weighted by atomic mass is 10.1. The van der Waals surface area contributed by atoms with E-state index >= 15 is 0 Å². The number of hydrogen-bond donors (Lipinski definition) is 0. The van der Waals surface area contributed by atoms with Crippen molar-refractivity contribution in [1.29, 1.82) is 0 Å². The van der Waals surface area contributed by atoms with E-state index in [1.807, 2.05) is 4.90 Å². The van der Waals surface area contributed by atoms with Crippen molar-refractivity contribution in [3.05, 3.63) is 48.7 Å². The molecule has 2 aromatic rings. The minimum Gasteiger partial charge on any atom is -0.474 e. The number of pyridine rings is 1. The summed E-state index contributed by atoms with van der Waals surface area (Å²) in [5.74, 6) is 0.616. The molecule has 21 heavy (non-hydrogen) atoms. The van der Waals surface area contributed by atoms with Gasteiger partial charge in [-0.2, -0.15) is 0 Å². The van der Waals surface area contributed by atoms with E-state index in [4.69, 9.17) is 4.74 Å². The molecule has 3 rings (SSSR count). The Balaban J connectivity index is 1.54. The van der Waals surface area contributed by atoms with E-state index in [0.29, 0.717) is 24.5 Å². The Morgan fingerprint density at radius 1 is 1.19 bits per heavy atom. The van der Waals surface area contributed by atoms with Crippen LogP contribution >= 0.6 is 0 Å². The smallest absolute Gasteiger partial charge is 0.255 e. The zero-order chi connectivity index (χ0) is 14.5. The van der Waals surface area contributed by atoms with Crippen LogP contribution in [0, 0.1) is 0 Å². The van der Waals surface area contributed by atoms with Gasteiger partial charge in [-0.25, -0.2) is 9.97 Å². The lowest BCUT2D eigenvalue weighted by molar-refractivity contribution is 0.0587. The van der Waals surface area contributed by atoms with Gasteiger partial charge in [-0.05, 0) is 12.1 Å². The zero-order valence-corrected chi connectivity index (χ0v) is 11.6. The van der Waals surface area contributed by atoms with Crippen molar-refractivity contribution in [2.45, 2.75) is 18.9 Å². The third kappa shape index (κ3) is 3.34. The first-order valence-electron chi connectivity index (χ1n) is 6.95. The molecule has 1 aliphatic heterocycles. The monoisotopic (exact) mass is 284 g/mol. The minimum atomic E-state index is 0.0311. The quantitative estimate of drug-likeness (QED) is 0.855. The molecule has 0 N–H and O–H groups in total. The van der Waals surface area contributed by atoms with Crippen LogP contribution in [-0.2, 0) is 0 Å². The Labute approximate surface area is 122 Å². The van der Waals surface area contributed by atoms with Crippen LogP contribution in [0.15, 0.2) is 43.1 Å². The van der Waals surface area contributed by atoms with E-state index in [2.05, 4.69) is 15.0 Å². The highest BCUT2D eigenvalue weighted by Crippen LogP contribution is 2.18. The Morgan fingerprint density at radius 3 is 2.71 bits per heavy atom. The number of ether oxygens (including phenoxy) is 1. The molecule has 1 amide bonds. The van der Waals surface area contributed by atoms with Crippen LogP contribution in [0.1, 0.15) is 23.2 Å². The fourth-order valence-electron chi connectivity index (χ4n) is 2.37. The van der Waals surface area contributed by atoms with Crippen molar-refractivity contribution in [2.24, 2.45) is 0 Å². The molecule has 1 fully saturated rings. The lowest BCUT2D eigenvalue weighted by Gasteiger charge is -2.31. The minimum absolute atomic E-state index is 0.0311. The second-order valence-electron chi connectivity index (χ2n) is 4.90. The number of rotatable bonds is 3. The fourth-order valence-corrected chi connectivity index (χ4v) is 2.37. The summed E-state index contributed by atoms with van der Waals surface area (Å²) in [7, 11) is 0. The van der Waals surface area contributed by atoms with Gasteiger partial charge >= 0.3 is 0 Å². The van der Waals surface area contributed by atoms with Gasteiger partial charge in [-0.3, -0.25) is 9.78 Å². The molecule has 2 aromatic heterocycles. The van der Waals surface area contributed by atoms with Crippen LogP contribution in [0.4, 0.5) is 0 Å². The van der Waals surface area contributed by atoms with E-state index in [1.54, 1.807) is 36.8 Å². The van der Waals surface area contributed by atoms with Crippen LogP contribution in [0.5, 0.6) is 5.88 Å². The maximum atomic E-state index is 12.3. The van der Waals surface area contributed by atoms with Crippen molar-refractivity contribution in [1.82, 2.24) is 19.9 Å². The molecule has 1 saturated heterocycles. The summed E-state index contributed by atoms with van der Waals surface area (Å²) in [5, 5.41) is 0. The standard InChI is InChI=1S/C15H16N4O2/c20-15(12-2-1-6-16-10-12)19-8-4-13(5-9-19)21-14-3-7-17-11-18-14/h1-3,6-7,10-11,13H,4-5,8-9H2. The average molecular weight is 284 g/mol. The van der Waals surface area contributed by atoms with Gasteiger partial charge in [0.2, 0.25) is 5.88 Å². The number of carbonyl (C=O) groups excluding carboxylic acids is 1. The second-order valence-corrected chi connectivity index (χ2v) is 4.90. The molecule has 0 spiro atoms. The van der Waals surface area contributed by atoms with E-state index in [-0.39, 0.29) is 12.0 Å². The molecule has 6 heteroatoms. The van der Waals surface area contributed by atoms with Crippen LogP contribution in [0.25, 0.3) is 0 Å². The van der Waals surface area contributed by atoms with Gasteiger partial charge in [0, 0.05) is 50.6 Å². The summed E-state index contributed by atoms with van der Waals surface area (Å²) in [6.07, 6.45) is 8.09. The summed E-state index contributed by atoms with van der Waals surface area (Å²) in [6, 6.07) is 5.31. The summed E-state index contributed by atoms with van der Waals surface area (Å²) >= 11 is 0. The maximum Gasteiger partial charge on any atom is 0.255 e. The summed E-state index contributed by atoms with van der Waals surface area (Å²) in [6.45, 7) is 1.37. The molecule has 0 aliphatic carbocycles. The van der Waals surface area contributed by atoms with E-state index < -0.39 is 0 Å². The molecule has 0 atom stereocenters.